The van der Waals surface area contributed by atoms with Gasteiger partial charge in [0, 0.05) is 24.8 Å². The summed E-state index contributed by atoms with van der Waals surface area (Å²) in [6, 6.07) is 11.2. The van der Waals surface area contributed by atoms with Crippen LogP contribution in [-0.2, 0) is 0 Å². The van der Waals surface area contributed by atoms with Crippen LogP contribution in [-0.4, -0.2) is 25.7 Å². The van der Waals surface area contributed by atoms with Crippen molar-refractivity contribution >= 4 is 5.69 Å². The summed E-state index contributed by atoms with van der Waals surface area (Å²) in [6.45, 7) is 12.1. The van der Waals surface area contributed by atoms with Crippen LogP contribution in [0.5, 0.6) is 0 Å². The number of benzene rings is 1. The SMILES string of the molecule is CCNC(CN(CC)c1ccccc1)C(C)C. The molecule has 1 atom stereocenters. The van der Waals surface area contributed by atoms with Gasteiger partial charge >= 0.3 is 0 Å². The van der Waals surface area contributed by atoms with Crippen molar-refractivity contribution in [1.29, 1.82) is 0 Å². The highest BCUT2D eigenvalue weighted by atomic mass is 15.1. The maximum Gasteiger partial charge on any atom is 0.0366 e. The quantitative estimate of drug-likeness (QED) is 0.779. The van der Waals surface area contributed by atoms with E-state index >= 15 is 0 Å². The molecule has 1 unspecified atom stereocenters. The van der Waals surface area contributed by atoms with Gasteiger partial charge in [-0.3, -0.25) is 0 Å². The number of hydrogen-bond acceptors (Lipinski definition) is 2. The number of anilines is 1. The molecule has 0 aliphatic carbocycles. The molecular weight excluding hydrogens is 208 g/mol. The van der Waals surface area contributed by atoms with Gasteiger partial charge in [0.1, 0.15) is 0 Å². The number of nitrogens with one attached hydrogen (secondary N) is 1. The second-order valence-electron chi connectivity index (χ2n) is 4.78. The Bertz CT molecular complexity index is 295. The van der Waals surface area contributed by atoms with Gasteiger partial charge in [-0.1, -0.05) is 39.0 Å². The molecule has 0 aliphatic rings. The van der Waals surface area contributed by atoms with Gasteiger partial charge < -0.3 is 10.2 Å². The van der Waals surface area contributed by atoms with Crippen molar-refractivity contribution in [3.8, 4) is 0 Å². The lowest BCUT2D eigenvalue weighted by Crippen LogP contribution is -2.44. The predicted octanol–water partition coefficient (Wildman–Crippen LogP) is 3.15. The standard InChI is InChI=1S/C15H26N2/c1-5-16-15(13(3)4)12-17(6-2)14-10-8-7-9-11-14/h7-11,13,15-16H,5-6,12H2,1-4H3. The Labute approximate surface area is 106 Å². The first-order valence-corrected chi connectivity index (χ1v) is 6.72. The van der Waals surface area contributed by atoms with Crippen molar-refractivity contribution in [2.75, 3.05) is 24.5 Å². The molecular formula is C15H26N2. The van der Waals surface area contributed by atoms with Crippen LogP contribution in [0.25, 0.3) is 0 Å². The molecule has 0 heterocycles. The van der Waals surface area contributed by atoms with Gasteiger partial charge in [0.2, 0.25) is 0 Å². The lowest BCUT2D eigenvalue weighted by atomic mass is 10.0. The number of hydrogen-bond donors (Lipinski definition) is 1. The average molecular weight is 234 g/mol. The molecule has 0 saturated heterocycles. The first-order valence-electron chi connectivity index (χ1n) is 6.72. The molecule has 96 valence electrons. The lowest BCUT2D eigenvalue weighted by molar-refractivity contribution is 0.406. The Hall–Kier alpha value is -1.02. The van der Waals surface area contributed by atoms with E-state index in [1.807, 2.05) is 0 Å². The second-order valence-corrected chi connectivity index (χ2v) is 4.78. The third kappa shape index (κ3) is 4.39. The summed E-state index contributed by atoms with van der Waals surface area (Å²) in [5.41, 5.74) is 1.32. The van der Waals surface area contributed by atoms with Crippen molar-refractivity contribution in [2.45, 2.75) is 33.7 Å². The zero-order valence-corrected chi connectivity index (χ0v) is 11.6. The van der Waals surface area contributed by atoms with Gasteiger partial charge in [-0.2, -0.15) is 0 Å². The number of para-hydroxylation sites is 1. The summed E-state index contributed by atoms with van der Waals surface area (Å²) in [7, 11) is 0. The Morgan fingerprint density at radius 2 is 1.76 bits per heavy atom. The molecule has 1 N–H and O–H groups in total. The highest BCUT2D eigenvalue weighted by molar-refractivity contribution is 5.45. The molecule has 0 radical (unpaired) electrons. The molecule has 2 nitrogen and oxygen atoms in total. The fourth-order valence-electron chi connectivity index (χ4n) is 2.07. The Morgan fingerprint density at radius 1 is 1.12 bits per heavy atom. The molecule has 1 rings (SSSR count). The van der Waals surface area contributed by atoms with Crippen molar-refractivity contribution < 1.29 is 0 Å². The molecule has 0 aliphatic heterocycles. The molecule has 0 spiro atoms. The van der Waals surface area contributed by atoms with Crippen LogP contribution in [0, 0.1) is 5.92 Å². The largest absolute Gasteiger partial charge is 0.370 e. The summed E-state index contributed by atoms with van der Waals surface area (Å²) in [5.74, 6) is 0.660. The van der Waals surface area contributed by atoms with Gasteiger partial charge in [-0.25, -0.2) is 0 Å². The molecule has 0 amide bonds. The maximum absolute atomic E-state index is 3.57. The highest BCUT2D eigenvalue weighted by Crippen LogP contribution is 2.15. The molecule has 1 aromatic rings. The van der Waals surface area contributed by atoms with Gasteiger partial charge in [-0.05, 0) is 31.5 Å². The lowest BCUT2D eigenvalue weighted by Gasteiger charge is -2.31. The van der Waals surface area contributed by atoms with E-state index in [-0.39, 0.29) is 0 Å². The van der Waals surface area contributed by atoms with Gasteiger partial charge in [0.25, 0.3) is 0 Å². The van der Waals surface area contributed by atoms with Gasteiger partial charge in [0.05, 0.1) is 0 Å². The van der Waals surface area contributed by atoms with Crippen LogP contribution >= 0.6 is 0 Å². The molecule has 17 heavy (non-hydrogen) atoms. The summed E-state index contributed by atoms with van der Waals surface area (Å²) >= 11 is 0. The average Bonchev–Trinajstić information content (AvgIpc) is 2.35. The van der Waals surface area contributed by atoms with Crippen LogP contribution in [0.4, 0.5) is 5.69 Å². The van der Waals surface area contributed by atoms with Crippen molar-refractivity contribution in [3.63, 3.8) is 0 Å². The number of likely N-dealkylation sites (N-methyl/N-ethyl adjacent to an activating group) is 2. The predicted molar refractivity (Wildman–Crippen MR) is 76.6 cm³/mol. The Morgan fingerprint density at radius 3 is 2.24 bits per heavy atom. The van der Waals surface area contributed by atoms with Gasteiger partial charge in [-0.15, -0.1) is 0 Å². The number of rotatable bonds is 7. The Balaban J connectivity index is 2.68. The number of nitrogens with zero attached hydrogens (tertiary/aromatic N) is 1. The van der Waals surface area contributed by atoms with Crippen LogP contribution in [0.1, 0.15) is 27.7 Å². The molecule has 2 heteroatoms. The molecule has 0 saturated carbocycles. The van der Waals surface area contributed by atoms with Crippen LogP contribution in [0.2, 0.25) is 0 Å². The minimum Gasteiger partial charge on any atom is -0.370 e. The van der Waals surface area contributed by atoms with E-state index in [4.69, 9.17) is 0 Å². The molecule has 0 bridgehead atoms. The molecule has 0 fully saturated rings. The fourth-order valence-corrected chi connectivity index (χ4v) is 2.07. The maximum atomic E-state index is 3.57. The van der Waals surface area contributed by atoms with Crippen LogP contribution < -0.4 is 10.2 Å². The minimum atomic E-state index is 0.556. The molecule has 0 aromatic heterocycles. The Kier molecular flexibility index (Phi) is 6.06. The van der Waals surface area contributed by atoms with Crippen molar-refractivity contribution in [2.24, 2.45) is 5.92 Å². The van der Waals surface area contributed by atoms with Crippen molar-refractivity contribution in [3.05, 3.63) is 30.3 Å². The fraction of sp³-hybridized carbons (Fsp3) is 0.600. The van der Waals surface area contributed by atoms with E-state index in [1.54, 1.807) is 0 Å². The van der Waals surface area contributed by atoms with E-state index in [0.29, 0.717) is 12.0 Å². The molecule has 1 aromatic carbocycles. The van der Waals surface area contributed by atoms with Crippen LogP contribution in [0.3, 0.4) is 0 Å². The van der Waals surface area contributed by atoms with E-state index in [9.17, 15) is 0 Å². The third-order valence-corrected chi connectivity index (χ3v) is 3.19. The zero-order valence-electron chi connectivity index (χ0n) is 11.6. The zero-order chi connectivity index (χ0) is 12.7. The van der Waals surface area contributed by atoms with Crippen molar-refractivity contribution in [1.82, 2.24) is 5.32 Å². The van der Waals surface area contributed by atoms with E-state index < -0.39 is 0 Å². The van der Waals surface area contributed by atoms with E-state index in [1.165, 1.54) is 5.69 Å². The second kappa shape index (κ2) is 7.33. The summed E-state index contributed by atoms with van der Waals surface area (Å²) < 4.78 is 0. The first kappa shape index (κ1) is 14.0. The normalized spacial score (nSPS) is 12.8. The van der Waals surface area contributed by atoms with Crippen LogP contribution in [0.15, 0.2) is 30.3 Å². The third-order valence-electron chi connectivity index (χ3n) is 3.19. The highest BCUT2D eigenvalue weighted by Gasteiger charge is 2.15. The summed E-state index contributed by atoms with van der Waals surface area (Å²) in [4.78, 5) is 2.44. The van der Waals surface area contributed by atoms with E-state index in [2.05, 4.69) is 68.2 Å². The summed E-state index contributed by atoms with van der Waals surface area (Å²) in [5, 5.41) is 3.57. The topological polar surface area (TPSA) is 15.3 Å². The monoisotopic (exact) mass is 234 g/mol. The smallest absolute Gasteiger partial charge is 0.0366 e. The summed E-state index contributed by atoms with van der Waals surface area (Å²) in [6.07, 6.45) is 0. The first-order chi connectivity index (χ1) is 8.19. The van der Waals surface area contributed by atoms with E-state index in [0.717, 1.165) is 19.6 Å². The minimum absolute atomic E-state index is 0.556. The van der Waals surface area contributed by atoms with Gasteiger partial charge in [0.15, 0.2) is 0 Å².